The third kappa shape index (κ3) is 1.76. The number of nitrogens with zero attached hydrogens (tertiary/aromatic N) is 4. The van der Waals surface area contributed by atoms with E-state index in [-0.39, 0.29) is 0 Å². The van der Waals surface area contributed by atoms with E-state index in [4.69, 9.17) is 0 Å². The second-order valence-electron chi connectivity index (χ2n) is 2.65. The Morgan fingerprint density at radius 3 is 2.36 bits per heavy atom. The maximum atomic E-state index is 4.15. The highest BCUT2D eigenvalue weighted by molar-refractivity contribution is 4.88. The van der Waals surface area contributed by atoms with Crippen LogP contribution in [-0.2, 0) is 7.05 Å². The van der Waals surface area contributed by atoms with Gasteiger partial charge in [-0.05, 0) is 18.1 Å². The van der Waals surface area contributed by atoms with Crippen LogP contribution in [0.3, 0.4) is 0 Å². The minimum atomic E-state index is 0.476. The minimum absolute atomic E-state index is 0.476. The molecule has 4 heteroatoms. The number of tetrazole rings is 1. The molecule has 1 rings (SSSR count). The van der Waals surface area contributed by atoms with Gasteiger partial charge in [-0.1, -0.05) is 13.8 Å². The van der Waals surface area contributed by atoms with Crippen molar-refractivity contribution in [1.29, 1.82) is 0 Å². The summed E-state index contributed by atoms with van der Waals surface area (Å²) in [5.74, 6) is 1.35. The first-order valence-electron chi connectivity index (χ1n) is 4.01. The van der Waals surface area contributed by atoms with Crippen molar-refractivity contribution in [3.63, 3.8) is 0 Å². The average Bonchev–Trinajstić information content (AvgIpc) is 2.39. The van der Waals surface area contributed by atoms with Gasteiger partial charge in [0.1, 0.15) is 0 Å². The molecule has 11 heavy (non-hydrogen) atoms. The average molecular weight is 154 g/mol. The molecule has 0 radical (unpaired) electrons. The number of rotatable bonds is 3. The van der Waals surface area contributed by atoms with E-state index in [1.807, 2.05) is 0 Å². The quantitative estimate of drug-likeness (QED) is 0.655. The largest absolute Gasteiger partial charge is 0.177 e. The first-order valence-corrected chi connectivity index (χ1v) is 4.01. The summed E-state index contributed by atoms with van der Waals surface area (Å²) in [5, 5.41) is 11.9. The van der Waals surface area contributed by atoms with E-state index in [2.05, 4.69) is 29.3 Å². The molecule has 0 aliphatic rings. The lowest BCUT2D eigenvalue weighted by atomic mass is 10.0. The van der Waals surface area contributed by atoms with Gasteiger partial charge in [-0.15, -0.1) is 10.2 Å². The van der Waals surface area contributed by atoms with Crippen LogP contribution in [0, 0.1) is 0 Å². The molecule has 0 fully saturated rings. The Labute approximate surface area is 66.6 Å². The second kappa shape index (κ2) is 3.46. The summed E-state index contributed by atoms with van der Waals surface area (Å²) in [6, 6.07) is 0. The predicted octanol–water partition coefficient (Wildman–Crippen LogP) is 1.11. The molecule has 0 aliphatic carbocycles. The summed E-state index contributed by atoms with van der Waals surface area (Å²) >= 11 is 0. The topological polar surface area (TPSA) is 43.6 Å². The molecule has 0 unspecified atom stereocenters. The molecule has 0 aromatic carbocycles. The second-order valence-corrected chi connectivity index (χ2v) is 2.65. The Hall–Kier alpha value is -0.930. The van der Waals surface area contributed by atoms with Gasteiger partial charge in [0.25, 0.3) is 0 Å². The molecular weight excluding hydrogens is 140 g/mol. The van der Waals surface area contributed by atoms with Gasteiger partial charge < -0.3 is 0 Å². The van der Waals surface area contributed by atoms with Crippen LogP contribution >= 0.6 is 0 Å². The first kappa shape index (κ1) is 8.17. The smallest absolute Gasteiger partial charge is 0.167 e. The lowest BCUT2D eigenvalue weighted by Crippen LogP contribution is -1.99. The third-order valence-electron chi connectivity index (χ3n) is 1.87. The van der Waals surface area contributed by atoms with Gasteiger partial charge in [-0.2, -0.15) is 4.80 Å². The summed E-state index contributed by atoms with van der Waals surface area (Å²) in [6.07, 6.45) is 2.17. The number of hydrogen-bond acceptors (Lipinski definition) is 3. The molecule has 0 aliphatic heterocycles. The maximum absolute atomic E-state index is 4.15. The zero-order valence-corrected chi connectivity index (χ0v) is 7.28. The van der Waals surface area contributed by atoms with E-state index < -0.39 is 0 Å². The molecule has 4 nitrogen and oxygen atoms in total. The van der Waals surface area contributed by atoms with E-state index in [1.54, 1.807) is 7.05 Å². The van der Waals surface area contributed by atoms with Gasteiger partial charge in [-0.25, -0.2) is 0 Å². The van der Waals surface area contributed by atoms with Crippen LogP contribution in [-0.4, -0.2) is 20.2 Å². The van der Waals surface area contributed by atoms with Gasteiger partial charge in [-0.3, -0.25) is 0 Å². The lowest BCUT2D eigenvalue weighted by Gasteiger charge is -2.04. The number of aryl methyl sites for hydroxylation is 1. The molecular formula is C7H14N4. The highest BCUT2D eigenvalue weighted by Gasteiger charge is 2.11. The molecule has 0 atom stereocenters. The molecule has 0 saturated carbocycles. The minimum Gasteiger partial charge on any atom is -0.167 e. The monoisotopic (exact) mass is 154 g/mol. The summed E-state index contributed by atoms with van der Waals surface area (Å²) in [4.78, 5) is 1.51. The Bertz CT molecular complexity index is 214. The van der Waals surface area contributed by atoms with Gasteiger partial charge >= 0.3 is 0 Å². The predicted molar refractivity (Wildman–Crippen MR) is 42.1 cm³/mol. The van der Waals surface area contributed by atoms with E-state index >= 15 is 0 Å². The first-order chi connectivity index (χ1) is 5.27. The maximum Gasteiger partial charge on any atom is 0.177 e. The van der Waals surface area contributed by atoms with Gasteiger partial charge in [0.15, 0.2) is 5.82 Å². The van der Waals surface area contributed by atoms with Crippen molar-refractivity contribution in [2.75, 3.05) is 0 Å². The molecule has 1 aromatic heterocycles. The van der Waals surface area contributed by atoms with Crippen molar-refractivity contribution in [3.8, 4) is 0 Å². The summed E-state index contributed by atoms with van der Waals surface area (Å²) in [7, 11) is 1.79. The summed E-state index contributed by atoms with van der Waals surface area (Å²) in [6.45, 7) is 4.29. The Kier molecular flexibility index (Phi) is 2.57. The standard InChI is InChI=1S/C7H14N4/c1-4-6(5-2)7-8-10-11(3)9-7/h6H,4-5H2,1-3H3. The SMILES string of the molecule is CCC(CC)c1nnn(C)n1. The fourth-order valence-electron chi connectivity index (χ4n) is 1.12. The van der Waals surface area contributed by atoms with Crippen LogP contribution in [0.25, 0.3) is 0 Å². The summed E-state index contributed by atoms with van der Waals surface area (Å²) < 4.78 is 0. The van der Waals surface area contributed by atoms with Crippen LogP contribution in [0.5, 0.6) is 0 Å². The van der Waals surface area contributed by atoms with Crippen LogP contribution in [0.4, 0.5) is 0 Å². The van der Waals surface area contributed by atoms with Gasteiger partial charge in [0.2, 0.25) is 0 Å². The fraction of sp³-hybridized carbons (Fsp3) is 0.857. The fourth-order valence-corrected chi connectivity index (χ4v) is 1.12. The zero-order valence-electron chi connectivity index (χ0n) is 7.28. The Morgan fingerprint density at radius 2 is 2.00 bits per heavy atom. The van der Waals surface area contributed by atoms with Crippen molar-refractivity contribution in [2.24, 2.45) is 7.05 Å². The zero-order chi connectivity index (χ0) is 8.27. The molecule has 62 valence electrons. The van der Waals surface area contributed by atoms with Crippen molar-refractivity contribution >= 4 is 0 Å². The molecule has 1 aromatic rings. The molecule has 0 bridgehead atoms. The van der Waals surface area contributed by atoms with E-state index in [9.17, 15) is 0 Å². The van der Waals surface area contributed by atoms with Crippen molar-refractivity contribution in [2.45, 2.75) is 32.6 Å². The third-order valence-corrected chi connectivity index (χ3v) is 1.87. The van der Waals surface area contributed by atoms with Crippen LogP contribution in [0.2, 0.25) is 0 Å². The lowest BCUT2D eigenvalue weighted by molar-refractivity contribution is 0.588. The Morgan fingerprint density at radius 1 is 1.36 bits per heavy atom. The van der Waals surface area contributed by atoms with Crippen LogP contribution < -0.4 is 0 Å². The van der Waals surface area contributed by atoms with Crippen molar-refractivity contribution in [3.05, 3.63) is 5.82 Å². The highest BCUT2D eigenvalue weighted by atomic mass is 15.6. The number of hydrogen-bond donors (Lipinski definition) is 0. The molecule has 1 heterocycles. The molecule has 0 amide bonds. The van der Waals surface area contributed by atoms with Gasteiger partial charge in [0.05, 0.1) is 7.05 Å². The highest BCUT2D eigenvalue weighted by Crippen LogP contribution is 2.17. The van der Waals surface area contributed by atoms with Crippen molar-refractivity contribution in [1.82, 2.24) is 20.2 Å². The molecule has 0 spiro atoms. The van der Waals surface area contributed by atoms with Crippen LogP contribution in [0.1, 0.15) is 38.4 Å². The Balaban J connectivity index is 2.73. The van der Waals surface area contributed by atoms with Crippen LogP contribution in [0.15, 0.2) is 0 Å². The van der Waals surface area contributed by atoms with E-state index in [1.165, 1.54) is 4.80 Å². The number of aromatic nitrogens is 4. The normalized spacial score (nSPS) is 10.9. The van der Waals surface area contributed by atoms with Crippen molar-refractivity contribution < 1.29 is 0 Å². The molecule has 0 N–H and O–H groups in total. The van der Waals surface area contributed by atoms with E-state index in [0.29, 0.717) is 5.92 Å². The van der Waals surface area contributed by atoms with E-state index in [0.717, 1.165) is 18.7 Å². The van der Waals surface area contributed by atoms with Gasteiger partial charge in [0, 0.05) is 5.92 Å². The molecule has 0 saturated heterocycles. The summed E-state index contributed by atoms with van der Waals surface area (Å²) in [5.41, 5.74) is 0.